The molecule has 1 N–H and O–H groups in total. The summed E-state index contributed by atoms with van der Waals surface area (Å²) in [4.78, 5) is 23.6. The Balaban J connectivity index is 1.03. The standard InChI is InChI=1S/C31H27ClFN5O4/c32-23-9-19(31(39)40)10-26-30(23)36-27(38(26)12-20-6-7-41-20)15-37-13-21-22(14-37)29(21)25-2-1-3-28(35-25)42-16-18-5-4-17(11-34)8-24(18)33/h1-5,8-10,20-22,29H,6-7,12-16H2,(H,39,40)/t20-,21?,22?,29?/m0/s1. The normalized spacial score (nSPS) is 22.9. The van der Waals surface area contributed by atoms with Gasteiger partial charge in [0.1, 0.15) is 23.8 Å². The molecule has 3 atom stereocenters. The Labute approximate surface area is 246 Å². The van der Waals surface area contributed by atoms with Crippen LogP contribution in [0.1, 0.15) is 45.3 Å². The summed E-state index contributed by atoms with van der Waals surface area (Å²) in [5, 5.41) is 18.8. The SMILES string of the molecule is N#Cc1ccc(COc2cccc(C3C4CN(Cc5nc6c(Cl)cc(C(=O)O)cc6n5C[C@@H]5CCO5)CC43)n2)c(F)c1. The number of aromatic nitrogens is 3. The first-order valence-electron chi connectivity index (χ1n) is 13.9. The van der Waals surface area contributed by atoms with Crippen LogP contribution in [0.25, 0.3) is 11.0 Å². The van der Waals surface area contributed by atoms with Crippen LogP contribution >= 0.6 is 11.6 Å². The molecule has 0 amide bonds. The van der Waals surface area contributed by atoms with E-state index in [4.69, 9.17) is 36.3 Å². The number of halogens is 2. The molecule has 214 valence electrons. The molecular formula is C31H27ClFN5O4. The first-order chi connectivity index (χ1) is 20.4. The number of piperidine rings is 1. The van der Waals surface area contributed by atoms with E-state index in [2.05, 4.69) is 9.47 Å². The van der Waals surface area contributed by atoms with Gasteiger partial charge in [0.15, 0.2) is 0 Å². The number of carbonyl (C=O) groups is 1. The van der Waals surface area contributed by atoms with E-state index < -0.39 is 11.8 Å². The summed E-state index contributed by atoms with van der Waals surface area (Å²) in [7, 11) is 0. The average molecular weight is 588 g/mol. The first kappa shape index (κ1) is 26.8. The topological polar surface area (TPSA) is 114 Å². The van der Waals surface area contributed by atoms with Gasteiger partial charge in [-0.25, -0.2) is 19.2 Å². The predicted molar refractivity (Wildman–Crippen MR) is 151 cm³/mol. The van der Waals surface area contributed by atoms with Crippen LogP contribution in [0.5, 0.6) is 5.88 Å². The maximum atomic E-state index is 14.2. The Bertz CT molecular complexity index is 1740. The molecule has 0 bridgehead atoms. The summed E-state index contributed by atoms with van der Waals surface area (Å²) in [5.74, 6) is 1.08. The third-order valence-electron chi connectivity index (χ3n) is 8.59. The van der Waals surface area contributed by atoms with Gasteiger partial charge in [0, 0.05) is 42.9 Å². The number of fused-ring (bicyclic) bond motifs is 2. The number of carboxylic acid groups (broad SMARTS) is 1. The number of nitriles is 1. The van der Waals surface area contributed by atoms with Gasteiger partial charge >= 0.3 is 5.97 Å². The van der Waals surface area contributed by atoms with Gasteiger partial charge in [0.2, 0.25) is 5.88 Å². The zero-order valence-electron chi connectivity index (χ0n) is 22.5. The Morgan fingerprint density at radius 2 is 2.00 bits per heavy atom. The van der Waals surface area contributed by atoms with Gasteiger partial charge in [-0.05, 0) is 48.6 Å². The molecule has 2 unspecified atom stereocenters. The van der Waals surface area contributed by atoms with E-state index in [0.29, 0.717) is 52.8 Å². The van der Waals surface area contributed by atoms with Crippen LogP contribution < -0.4 is 4.74 Å². The minimum absolute atomic E-state index is 0.0319. The van der Waals surface area contributed by atoms with Crippen molar-refractivity contribution in [3.8, 4) is 11.9 Å². The van der Waals surface area contributed by atoms with Crippen molar-refractivity contribution in [2.24, 2.45) is 11.8 Å². The summed E-state index contributed by atoms with van der Waals surface area (Å²) in [6.45, 7) is 3.80. The fraction of sp³-hybridized carbons (Fsp3) is 0.355. The van der Waals surface area contributed by atoms with E-state index in [9.17, 15) is 14.3 Å². The zero-order chi connectivity index (χ0) is 29.0. The monoisotopic (exact) mass is 587 g/mol. The number of carboxylic acids is 1. The minimum atomic E-state index is -1.02. The number of imidazole rings is 1. The maximum absolute atomic E-state index is 14.2. The fourth-order valence-electron chi connectivity index (χ4n) is 6.27. The highest BCUT2D eigenvalue weighted by molar-refractivity contribution is 6.35. The molecule has 9 nitrogen and oxygen atoms in total. The van der Waals surface area contributed by atoms with Crippen molar-refractivity contribution in [2.45, 2.75) is 38.1 Å². The van der Waals surface area contributed by atoms with Gasteiger partial charge in [0.25, 0.3) is 0 Å². The third-order valence-corrected chi connectivity index (χ3v) is 8.88. The van der Waals surface area contributed by atoms with Crippen molar-refractivity contribution in [1.82, 2.24) is 19.4 Å². The Hall–Kier alpha value is -4.04. The number of rotatable bonds is 9. The molecule has 4 heterocycles. The van der Waals surface area contributed by atoms with Gasteiger partial charge in [-0.3, -0.25) is 4.90 Å². The first-order valence-corrected chi connectivity index (χ1v) is 14.3. The van der Waals surface area contributed by atoms with Crippen molar-refractivity contribution in [1.29, 1.82) is 5.26 Å². The second-order valence-electron chi connectivity index (χ2n) is 11.2. The molecule has 3 aliphatic rings. The van der Waals surface area contributed by atoms with Crippen LogP contribution in [0, 0.1) is 29.0 Å². The molecule has 7 rings (SSSR count). The number of likely N-dealkylation sites (tertiary alicyclic amines) is 1. The number of hydrogen-bond donors (Lipinski definition) is 1. The molecule has 2 aromatic heterocycles. The largest absolute Gasteiger partial charge is 0.478 e. The summed E-state index contributed by atoms with van der Waals surface area (Å²) in [6.07, 6.45) is 1.04. The van der Waals surface area contributed by atoms with Crippen LogP contribution in [0.15, 0.2) is 48.5 Å². The van der Waals surface area contributed by atoms with E-state index in [1.54, 1.807) is 24.3 Å². The second kappa shape index (κ2) is 10.7. The number of nitrogens with zero attached hydrogens (tertiary/aromatic N) is 5. The Kier molecular flexibility index (Phi) is 6.81. The third kappa shape index (κ3) is 4.98. The summed E-state index contributed by atoms with van der Waals surface area (Å²) in [5.41, 5.74) is 3.09. The van der Waals surface area contributed by atoms with E-state index in [-0.39, 0.29) is 23.8 Å². The lowest BCUT2D eigenvalue weighted by molar-refractivity contribution is -0.0591. The molecular weight excluding hydrogens is 561 g/mol. The van der Waals surface area contributed by atoms with Gasteiger partial charge in [-0.15, -0.1) is 0 Å². The van der Waals surface area contributed by atoms with Crippen molar-refractivity contribution in [2.75, 3.05) is 19.7 Å². The molecule has 3 fully saturated rings. The van der Waals surface area contributed by atoms with Crippen LogP contribution in [-0.2, 0) is 24.4 Å². The molecule has 42 heavy (non-hydrogen) atoms. The van der Waals surface area contributed by atoms with E-state index in [1.165, 1.54) is 12.1 Å². The Morgan fingerprint density at radius 3 is 2.69 bits per heavy atom. The second-order valence-corrected chi connectivity index (χ2v) is 11.6. The molecule has 11 heteroatoms. The number of aromatic carboxylic acids is 1. The van der Waals surface area contributed by atoms with Crippen LogP contribution in [0.4, 0.5) is 4.39 Å². The molecule has 4 aromatic rings. The van der Waals surface area contributed by atoms with Crippen molar-refractivity contribution in [3.63, 3.8) is 0 Å². The van der Waals surface area contributed by atoms with Crippen molar-refractivity contribution >= 4 is 28.6 Å². The summed E-state index contributed by atoms with van der Waals surface area (Å²) >= 11 is 6.47. The van der Waals surface area contributed by atoms with Crippen molar-refractivity contribution < 1.29 is 23.8 Å². The lowest BCUT2D eigenvalue weighted by Crippen LogP contribution is -2.33. The zero-order valence-corrected chi connectivity index (χ0v) is 23.3. The highest BCUT2D eigenvalue weighted by atomic mass is 35.5. The minimum Gasteiger partial charge on any atom is -0.478 e. The van der Waals surface area contributed by atoms with E-state index >= 15 is 0 Å². The quantitative estimate of drug-likeness (QED) is 0.291. The Morgan fingerprint density at radius 1 is 1.19 bits per heavy atom. The predicted octanol–water partition coefficient (Wildman–Crippen LogP) is 5.01. The van der Waals surface area contributed by atoms with E-state index in [0.717, 1.165) is 43.2 Å². The van der Waals surface area contributed by atoms with Crippen molar-refractivity contribution in [3.05, 3.63) is 87.6 Å². The fourth-order valence-corrected chi connectivity index (χ4v) is 6.53. The van der Waals surface area contributed by atoms with Gasteiger partial charge < -0.3 is 19.1 Å². The van der Waals surface area contributed by atoms with Crippen LogP contribution in [0.3, 0.4) is 0 Å². The number of ether oxygens (including phenoxy) is 2. The number of hydrogen-bond acceptors (Lipinski definition) is 7. The number of pyridine rings is 1. The molecule has 2 aliphatic heterocycles. The summed E-state index contributed by atoms with van der Waals surface area (Å²) < 4.78 is 27.8. The molecule has 0 radical (unpaired) electrons. The van der Waals surface area contributed by atoms with Crippen LogP contribution in [0.2, 0.25) is 5.02 Å². The highest BCUT2D eigenvalue weighted by Crippen LogP contribution is 2.58. The molecule has 2 saturated heterocycles. The highest BCUT2D eigenvalue weighted by Gasteiger charge is 2.57. The van der Waals surface area contributed by atoms with Gasteiger partial charge in [-0.1, -0.05) is 23.7 Å². The lowest BCUT2D eigenvalue weighted by atomic mass is 10.1. The average Bonchev–Trinajstić information content (AvgIpc) is 3.27. The lowest BCUT2D eigenvalue weighted by Gasteiger charge is -2.28. The van der Waals surface area contributed by atoms with Gasteiger partial charge in [0.05, 0.1) is 46.9 Å². The smallest absolute Gasteiger partial charge is 0.335 e. The molecule has 1 saturated carbocycles. The summed E-state index contributed by atoms with van der Waals surface area (Å²) in [6, 6.07) is 15.1. The molecule has 2 aromatic carbocycles. The van der Waals surface area contributed by atoms with E-state index in [1.807, 2.05) is 18.2 Å². The maximum Gasteiger partial charge on any atom is 0.335 e. The number of benzene rings is 2. The van der Waals surface area contributed by atoms with Crippen LogP contribution in [-0.4, -0.2) is 56.3 Å². The molecule has 0 spiro atoms. The van der Waals surface area contributed by atoms with Gasteiger partial charge in [-0.2, -0.15) is 5.26 Å². The molecule has 1 aliphatic carbocycles.